The van der Waals surface area contributed by atoms with Gasteiger partial charge in [0.1, 0.15) is 0 Å². The molecule has 5 unspecified atom stereocenters. The first-order chi connectivity index (χ1) is 8.63. The van der Waals surface area contributed by atoms with E-state index in [1.54, 1.807) is 0 Å². The Bertz CT molecular complexity index is 253. The molecule has 0 aromatic rings. The van der Waals surface area contributed by atoms with Crippen molar-refractivity contribution in [2.24, 2.45) is 17.8 Å². The Morgan fingerprint density at radius 1 is 1.28 bits per heavy atom. The van der Waals surface area contributed by atoms with Crippen LogP contribution in [0.3, 0.4) is 0 Å². The van der Waals surface area contributed by atoms with Crippen LogP contribution < -0.4 is 5.32 Å². The SMILES string of the molecule is CCC(C)C1CN(C2CCC(C)C2C)CCCN1. The van der Waals surface area contributed by atoms with Gasteiger partial charge in [0.2, 0.25) is 0 Å². The van der Waals surface area contributed by atoms with Gasteiger partial charge in [0, 0.05) is 18.6 Å². The highest BCUT2D eigenvalue weighted by Gasteiger charge is 2.35. The van der Waals surface area contributed by atoms with E-state index in [2.05, 4.69) is 37.9 Å². The molecule has 0 bridgehead atoms. The smallest absolute Gasteiger partial charge is 0.0220 e. The van der Waals surface area contributed by atoms with Gasteiger partial charge in [-0.1, -0.05) is 34.1 Å². The molecule has 1 aliphatic heterocycles. The van der Waals surface area contributed by atoms with Crippen LogP contribution in [0.25, 0.3) is 0 Å². The first kappa shape index (κ1) is 14.3. The van der Waals surface area contributed by atoms with Crippen molar-refractivity contribution < 1.29 is 0 Å². The highest BCUT2D eigenvalue weighted by molar-refractivity contribution is 4.90. The second-order valence-corrected chi connectivity index (χ2v) is 6.78. The van der Waals surface area contributed by atoms with E-state index in [0.29, 0.717) is 6.04 Å². The Morgan fingerprint density at radius 3 is 2.67 bits per heavy atom. The maximum atomic E-state index is 3.77. The molecule has 18 heavy (non-hydrogen) atoms. The van der Waals surface area contributed by atoms with Crippen molar-refractivity contribution >= 4 is 0 Å². The number of hydrogen-bond acceptors (Lipinski definition) is 2. The van der Waals surface area contributed by atoms with Crippen LogP contribution in [0.5, 0.6) is 0 Å². The monoisotopic (exact) mass is 252 g/mol. The van der Waals surface area contributed by atoms with Crippen LogP contribution in [-0.4, -0.2) is 36.6 Å². The van der Waals surface area contributed by atoms with Crippen LogP contribution in [0.1, 0.15) is 53.4 Å². The molecule has 1 heterocycles. The molecule has 2 fully saturated rings. The van der Waals surface area contributed by atoms with Crippen LogP contribution in [0.15, 0.2) is 0 Å². The fourth-order valence-electron chi connectivity index (χ4n) is 3.80. The standard InChI is InChI=1S/C16H32N2/c1-5-12(2)15-11-18(10-6-9-17-15)16-8-7-13(3)14(16)4/h12-17H,5-11H2,1-4H3. The third kappa shape index (κ3) is 3.08. The predicted octanol–water partition coefficient (Wildman–Crippen LogP) is 3.13. The van der Waals surface area contributed by atoms with Gasteiger partial charge in [0.25, 0.3) is 0 Å². The van der Waals surface area contributed by atoms with Crippen molar-refractivity contribution in [1.29, 1.82) is 0 Å². The van der Waals surface area contributed by atoms with Gasteiger partial charge in [-0.25, -0.2) is 0 Å². The maximum absolute atomic E-state index is 3.77. The van der Waals surface area contributed by atoms with Gasteiger partial charge in [-0.05, 0) is 50.1 Å². The summed E-state index contributed by atoms with van der Waals surface area (Å²) in [6.07, 6.45) is 5.48. The number of nitrogens with one attached hydrogen (secondary N) is 1. The molecule has 106 valence electrons. The summed E-state index contributed by atoms with van der Waals surface area (Å²) in [5.74, 6) is 2.62. The molecule has 2 rings (SSSR count). The molecule has 0 spiro atoms. The molecule has 2 aliphatic rings. The molecule has 0 aromatic heterocycles. The number of rotatable bonds is 3. The maximum Gasteiger partial charge on any atom is 0.0220 e. The van der Waals surface area contributed by atoms with E-state index in [0.717, 1.165) is 23.8 Å². The fraction of sp³-hybridized carbons (Fsp3) is 1.00. The van der Waals surface area contributed by atoms with Crippen LogP contribution >= 0.6 is 0 Å². The largest absolute Gasteiger partial charge is 0.312 e. The molecule has 1 saturated heterocycles. The van der Waals surface area contributed by atoms with Crippen molar-refractivity contribution in [1.82, 2.24) is 10.2 Å². The van der Waals surface area contributed by atoms with E-state index >= 15 is 0 Å². The van der Waals surface area contributed by atoms with Crippen LogP contribution in [-0.2, 0) is 0 Å². The lowest BCUT2D eigenvalue weighted by Crippen LogP contribution is -2.46. The van der Waals surface area contributed by atoms with Crippen molar-refractivity contribution in [2.75, 3.05) is 19.6 Å². The summed E-state index contributed by atoms with van der Waals surface area (Å²) in [4.78, 5) is 2.81. The highest BCUT2D eigenvalue weighted by Crippen LogP contribution is 2.35. The second-order valence-electron chi connectivity index (χ2n) is 6.78. The van der Waals surface area contributed by atoms with Crippen molar-refractivity contribution in [3.63, 3.8) is 0 Å². The molecule has 0 amide bonds. The molecule has 0 radical (unpaired) electrons. The Labute approximate surface area is 114 Å². The lowest BCUT2D eigenvalue weighted by molar-refractivity contribution is 0.143. The highest BCUT2D eigenvalue weighted by atomic mass is 15.2. The Kier molecular flexibility index (Phi) is 5.08. The summed E-state index contributed by atoms with van der Waals surface area (Å²) in [5, 5.41) is 3.77. The zero-order valence-corrected chi connectivity index (χ0v) is 12.8. The first-order valence-corrected chi connectivity index (χ1v) is 8.11. The molecular weight excluding hydrogens is 220 g/mol. The third-order valence-corrected chi connectivity index (χ3v) is 5.68. The summed E-state index contributed by atoms with van der Waals surface area (Å²) in [6, 6.07) is 1.56. The average Bonchev–Trinajstić information content (AvgIpc) is 2.61. The molecular formula is C16H32N2. The second kappa shape index (κ2) is 6.38. The van der Waals surface area contributed by atoms with Crippen LogP contribution in [0, 0.1) is 17.8 Å². The topological polar surface area (TPSA) is 15.3 Å². The third-order valence-electron chi connectivity index (χ3n) is 5.68. The molecule has 1 saturated carbocycles. The van der Waals surface area contributed by atoms with Gasteiger partial charge < -0.3 is 5.32 Å². The van der Waals surface area contributed by atoms with Crippen molar-refractivity contribution in [2.45, 2.75) is 65.5 Å². The Balaban J connectivity index is 1.98. The lowest BCUT2D eigenvalue weighted by Gasteiger charge is -2.35. The van der Waals surface area contributed by atoms with E-state index < -0.39 is 0 Å². The van der Waals surface area contributed by atoms with Gasteiger partial charge >= 0.3 is 0 Å². The minimum atomic E-state index is 0.709. The minimum Gasteiger partial charge on any atom is -0.312 e. The predicted molar refractivity (Wildman–Crippen MR) is 78.8 cm³/mol. The quantitative estimate of drug-likeness (QED) is 0.830. The summed E-state index contributed by atoms with van der Waals surface area (Å²) in [6.45, 7) is 13.4. The van der Waals surface area contributed by atoms with E-state index in [1.165, 1.54) is 45.3 Å². The van der Waals surface area contributed by atoms with Crippen LogP contribution in [0.4, 0.5) is 0 Å². The van der Waals surface area contributed by atoms with Crippen LogP contribution in [0.2, 0.25) is 0 Å². The minimum absolute atomic E-state index is 0.709. The van der Waals surface area contributed by atoms with Gasteiger partial charge in [0.15, 0.2) is 0 Å². The molecule has 2 nitrogen and oxygen atoms in total. The van der Waals surface area contributed by atoms with E-state index in [9.17, 15) is 0 Å². The Hall–Kier alpha value is -0.0800. The van der Waals surface area contributed by atoms with Gasteiger partial charge in [-0.15, -0.1) is 0 Å². The zero-order valence-electron chi connectivity index (χ0n) is 12.8. The van der Waals surface area contributed by atoms with Crippen molar-refractivity contribution in [3.05, 3.63) is 0 Å². The van der Waals surface area contributed by atoms with Gasteiger partial charge in [0.05, 0.1) is 0 Å². The van der Waals surface area contributed by atoms with E-state index in [-0.39, 0.29) is 0 Å². The average molecular weight is 252 g/mol. The number of nitrogens with zero attached hydrogens (tertiary/aromatic N) is 1. The summed E-state index contributed by atoms with van der Waals surface area (Å²) in [7, 11) is 0. The van der Waals surface area contributed by atoms with Gasteiger partial charge in [-0.3, -0.25) is 4.90 Å². The summed E-state index contributed by atoms with van der Waals surface area (Å²) < 4.78 is 0. The molecule has 2 heteroatoms. The Morgan fingerprint density at radius 2 is 2.06 bits per heavy atom. The normalized spacial score (nSPS) is 40.7. The van der Waals surface area contributed by atoms with E-state index in [1.807, 2.05) is 0 Å². The first-order valence-electron chi connectivity index (χ1n) is 8.11. The summed E-state index contributed by atoms with van der Waals surface area (Å²) in [5.41, 5.74) is 0. The lowest BCUT2D eigenvalue weighted by atomic mass is 9.95. The fourth-order valence-corrected chi connectivity index (χ4v) is 3.80. The van der Waals surface area contributed by atoms with E-state index in [4.69, 9.17) is 0 Å². The summed E-state index contributed by atoms with van der Waals surface area (Å²) >= 11 is 0. The molecule has 1 N–H and O–H groups in total. The molecule has 1 aliphatic carbocycles. The molecule has 5 atom stereocenters. The number of hydrogen-bond donors (Lipinski definition) is 1. The zero-order chi connectivity index (χ0) is 13.1. The molecule has 0 aromatic carbocycles. The van der Waals surface area contributed by atoms with Crippen molar-refractivity contribution in [3.8, 4) is 0 Å². The van der Waals surface area contributed by atoms with Gasteiger partial charge in [-0.2, -0.15) is 0 Å².